The first kappa shape index (κ1) is 12.5. The number of esters is 1. The van der Waals surface area contributed by atoms with Crippen molar-refractivity contribution in [1.82, 2.24) is 4.90 Å². The minimum absolute atomic E-state index is 0.0438. The molecule has 4 heteroatoms. The molecule has 0 radical (unpaired) electrons. The third kappa shape index (κ3) is 3.47. The van der Waals surface area contributed by atoms with E-state index in [4.69, 9.17) is 10.5 Å². The largest absolute Gasteiger partial charge is 0.468 e. The van der Waals surface area contributed by atoms with Crippen molar-refractivity contribution in [2.75, 3.05) is 26.7 Å². The van der Waals surface area contributed by atoms with Gasteiger partial charge in [-0.1, -0.05) is 13.3 Å². The lowest BCUT2D eigenvalue weighted by atomic mass is 10.0. The molecule has 1 heterocycles. The minimum atomic E-state index is -0.0982. The van der Waals surface area contributed by atoms with Gasteiger partial charge in [-0.15, -0.1) is 0 Å². The molecular formula is C11H22N2O2. The molecule has 1 aliphatic rings. The summed E-state index contributed by atoms with van der Waals surface area (Å²) in [6.45, 7) is 4.67. The van der Waals surface area contributed by atoms with Crippen LogP contribution in [-0.2, 0) is 9.53 Å². The van der Waals surface area contributed by atoms with Crippen molar-refractivity contribution in [3.05, 3.63) is 0 Å². The van der Waals surface area contributed by atoms with Gasteiger partial charge in [-0.2, -0.15) is 0 Å². The van der Waals surface area contributed by atoms with Crippen molar-refractivity contribution in [3.63, 3.8) is 0 Å². The van der Waals surface area contributed by atoms with Crippen molar-refractivity contribution in [2.45, 2.75) is 32.2 Å². The number of rotatable bonds is 4. The number of hydrogen-bond acceptors (Lipinski definition) is 4. The molecule has 0 amide bonds. The van der Waals surface area contributed by atoms with E-state index in [0.29, 0.717) is 12.5 Å². The summed E-state index contributed by atoms with van der Waals surface area (Å²) in [5.74, 6) is 0.342. The molecule has 2 unspecified atom stereocenters. The molecule has 0 aliphatic carbocycles. The van der Waals surface area contributed by atoms with Crippen molar-refractivity contribution >= 4 is 5.97 Å². The van der Waals surface area contributed by atoms with Crippen LogP contribution in [0, 0.1) is 5.92 Å². The standard InChI is InChI=1S/C11H22N2O2/c1-9(7-12)8-13-6-4-3-5-10(13)11(14)15-2/h9-10H,3-8,12H2,1-2H3. The Morgan fingerprint density at radius 2 is 2.33 bits per heavy atom. The van der Waals surface area contributed by atoms with E-state index in [2.05, 4.69) is 11.8 Å². The number of piperidine rings is 1. The monoisotopic (exact) mass is 214 g/mol. The van der Waals surface area contributed by atoms with E-state index in [1.807, 2.05) is 0 Å². The van der Waals surface area contributed by atoms with E-state index in [9.17, 15) is 4.79 Å². The fourth-order valence-corrected chi connectivity index (χ4v) is 2.09. The molecule has 4 nitrogen and oxygen atoms in total. The molecule has 0 aromatic carbocycles. The quantitative estimate of drug-likeness (QED) is 0.697. The molecule has 88 valence electrons. The van der Waals surface area contributed by atoms with Gasteiger partial charge in [0.25, 0.3) is 0 Å². The van der Waals surface area contributed by atoms with Gasteiger partial charge < -0.3 is 10.5 Å². The van der Waals surface area contributed by atoms with Gasteiger partial charge >= 0.3 is 5.97 Å². The zero-order valence-corrected chi connectivity index (χ0v) is 9.74. The Labute approximate surface area is 91.8 Å². The van der Waals surface area contributed by atoms with E-state index >= 15 is 0 Å². The van der Waals surface area contributed by atoms with Crippen LogP contribution < -0.4 is 5.73 Å². The molecule has 0 aromatic rings. The van der Waals surface area contributed by atoms with Crippen LogP contribution in [0.4, 0.5) is 0 Å². The van der Waals surface area contributed by atoms with Crippen LogP contribution in [-0.4, -0.2) is 43.7 Å². The number of methoxy groups -OCH3 is 1. The first-order valence-electron chi connectivity index (χ1n) is 5.71. The second kappa shape index (κ2) is 6.08. The Morgan fingerprint density at radius 3 is 2.93 bits per heavy atom. The zero-order chi connectivity index (χ0) is 11.3. The molecule has 0 spiro atoms. The fraction of sp³-hybridized carbons (Fsp3) is 0.909. The highest BCUT2D eigenvalue weighted by Crippen LogP contribution is 2.19. The predicted molar refractivity (Wildman–Crippen MR) is 59.4 cm³/mol. The molecule has 0 saturated carbocycles. The maximum absolute atomic E-state index is 11.6. The lowest BCUT2D eigenvalue weighted by Gasteiger charge is -2.35. The summed E-state index contributed by atoms with van der Waals surface area (Å²) < 4.78 is 4.82. The normalized spacial score (nSPS) is 24.9. The van der Waals surface area contributed by atoms with E-state index < -0.39 is 0 Å². The first-order chi connectivity index (χ1) is 7.19. The molecule has 15 heavy (non-hydrogen) atoms. The number of likely N-dealkylation sites (tertiary alicyclic amines) is 1. The summed E-state index contributed by atoms with van der Waals surface area (Å²) in [7, 11) is 1.46. The van der Waals surface area contributed by atoms with Gasteiger partial charge in [-0.05, 0) is 31.8 Å². The lowest BCUT2D eigenvalue weighted by Crippen LogP contribution is -2.47. The Kier molecular flexibility index (Phi) is 5.05. The highest BCUT2D eigenvalue weighted by molar-refractivity contribution is 5.75. The number of carbonyl (C=O) groups excluding carboxylic acids is 1. The second-order valence-corrected chi connectivity index (χ2v) is 4.37. The van der Waals surface area contributed by atoms with Crippen LogP contribution in [0.2, 0.25) is 0 Å². The highest BCUT2D eigenvalue weighted by Gasteiger charge is 2.29. The van der Waals surface area contributed by atoms with Crippen molar-refractivity contribution in [3.8, 4) is 0 Å². The number of nitrogens with zero attached hydrogens (tertiary/aromatic N) is 1. The molecule has 2 atom stereocenters. The van der Waals surface area contributed by atoms with Crippen LogP contribution in [0.5, 0.6) is 0 Å². The Balaban J connectivity index is 2.53. The third-order valence-corrected chi connectivity index (χ3v) is 3.04. The van der Waals surface area contributed by atoms with Crippen molar-refractivity contribution in [1.29, 1.82) is 0 Å². The van der Waals surface area contributed by atoms with Gasteiger partial charge in [0.2, 0.25) is 0 Å². The Morgan fingerprint density at radius 1 is 1.60 bits per heavy atom. The van der Waals surface area contributed by atoms with Gasteiger partial charge in [0, 0.05) is 6.54 Å². The van der Waals surface area contributed by atoms with Gasteiger partial charge in [0.05, 0.1) is 7.11 Å². The second-order valence-electron chi connectivity index (χ2n) is 4.37. The maximum Gasteiger partial charge on any atom is 0.323 e. The average Bonchev–Trinajstić information content (AvgIpc) is 2.28. The van der Waals surface area contributed by atoms with Gasteiger partial charge in [0.1, 0.15) is 6.04 Å². The summed E-state index contributed by atoms with van der Waals surface area (Å²) >= 11 is 0. The fourth-order valence-electron chi connectivity index (χ4n) is 2.09. The molecule has 1 rings (SSSR count). The summed E-state index contributed by atoms with van der Waals surface area (Å²) in [5, 5.41) is 0. The third-order valence-electron chi connectivity index (χ3n) is 3.04. The smallest absolute Gasteiger partial charge is 0.323 e. The molecule has 0 bridgehead atoms. The highest BCUT2D eigenvalue weighted by atomic mass is 16.5. The summed E-state index contributed by atoms with van der Waals surface area (Å²) in [4.78, 5) is 13.8. The summed E-state index contributed by atoms with van der Waals surface area (Å²) in [5.41, 5.74) is 5.60. The Bertz CT molecular complexity index is 209. The SMILES string of the molecule is COC(=O)C1CCCCN1CC(C)CN. The number of nitrogens with two attached hydrogens (primary N) is 1. The molecule has 1 fully saturated rings. The van der Waals surface area contributed by atoms with Crippen LogP contribution in [0.15, 0.2) is 0 Å². The molecule has 1 saturated heterocycles. The van der Waals surface area contributed by atoms with Crippen LogP contribution in [0.3, 0.4) is 0 Å². The molecule has 0 aromatic heterocycles. The van der Waals surface area contributed by atoms with E-state index in [-0.39, 0.29) is 12.0 Å². The molecule has 2 N–H and O–H groups in total. The maximum atomic E-state index is 11.6. The van der Waals surface area contributed by atoms with E-state index in [0.717, 1.165) is 25.9 Å². The minimum Gasteiger partial charge on any atom is -0.468 e. The number of hydrogen-bond donors (Lipinski definition) is 1. The van der Waals surface area contributed by atoms with E-state index in [1.165, 1.54) is 13.5 Å². The van der Waals surface area contributed by atoms with Gasteiger partial charge in [-0.25, -0.2) is 0 Å². The predicted octanol–water partition coefficient (Wildman–Crippen LogP) is 0.609. The van der Waals surface area contributed by atoms with Gasteiger partial charge in [0.15, 0.2) is 0 Å². The molecule has 1 aliphatic heterocycles. The van der Waals surface area contributed by atoms with Gasteiger partial charge in [-0.3, -0.25) is 9.69 Å². The first-order valence-corrected chi connectivity index (χ1v) is 5.71. The topological polar surface area (TPSA) is 55.6 Å². The zero-order valence-electron chi connectivity index (χ0n) is 9.74. The van der Waals surface area contributed by atoms with Crippen LogP contribution >= 0.6 is 0 Å². The van der Waals surface area contributed by atoms with Crippen molar-refractivity contribution < 1.29 is 9.53 Å². The average molecular weight is 214 g/mol. The number of ether oxygens (including phenoxy) is 1. The van der Waals surface area contributed by atoms with E-state index in [1.54, 1.807) is 0 Å². The summed E-state index contributed by atoms with van der Waals surface area (Å²) in [6.07, 6.45) is 3.21. The molecular weight excluding hydrogens is 192 g/mol. The van der Waals surface area contributed by atoms with Crippen LogP contribution in [0.1, 0.15) is 26.2 Å². The van der Waals surface area contributed by atoms with Crippen LogP contribution in [0.25, 0.3) is 0 Å². The summed E-state index contributed by atoms with van der Waals surface area (Å²) in [6, 6.07) is -0.0438. The lowest BCUT2D eigenvalue weighted by molar-refractivity contribution is -0.148. The Hall–Kier alpha value is -0.610. The van der Waals surface area contributed by atoms with Crippen molar-refractivity contribution in [2.24, 2.45) is 11.7 Å². The number of carbonyl (C=O) groups is 1.